The van der Waals surface area contributed by atoms with E-state index in [9.17, 15) is 0 Å². The zero-order valence-electron chi connectivity index (χ0n) is 8.57. The average Bonchev–Trinajstić information content (AvgIpc) is 2.48. The van der Waals surface area contributed by atoms with Crippen molar-refractivity contribution in [2.24, 2.45) is 0 Å². The van der Waals surface area contributed by atoms with Gasteiger partial charge in [0.25, 0.3) is 5.78 Å². The monoisotopic (exact) mass is 191 g/mol. The minimum absolute atomic E-state index is 0.633. The summed E-state index contributed by atoms with van der Waals surface area (Å²) in [5.41, 5.74) is 2.01. The van der Waals surface area contributed by atoms with E-state index in [1.165, 1.54) is 0 Å². The van der Waals surface area contributed by atoms with Crippen molar-refractivity contribution in [3.05, 3.63) is 17.5 Å². The van der Waals surface area contributed by atoms with Crippen LogP contribution < -0.4 is 5.32 Å². The van der Waals surface area contributed by atoms with E-state index in [1.807, 2.05) is 26.8 Å². The molecule has 0 aliphatic rings. The molecule has 74 valence electrons. The summed E-state index contributed by atoms with van der Waals surface area (Å²) in [7, 11) is 0. The van der Waals surface area contributed by atoms with Gasteiger partial charge in [0.05, 0.1) is 0 Å². The summed E-state index contributed by atoms with van der Waals surface area (Å²) in [4.78, 5) is 8.54. The van der Waals surface area contributed by atoms with Crippen molar-refractivity contribution in [3.8, 4) is 0 Å². The van der Waals surface area contributed by atoms with Gasteiger partial charge in [-0.25, -0.2) is 4.98 Å². The summed E-state index contributed by atoms with van der Waals surface area (Å²) in [5.74, 6) is 1.28. The molecule has 2 rings (SSSR count). The van der Waals surface area contributed by atoms with Crippen molar-refractivity contribution in [1.82, 2.24) is 19.6 Å². The molecule has 5 heteroatoms. The van der Waals surface area contributed by atoms with Gasteiger partial charge in [-0.2, -0.15) is 9.50 Å². The molecule has 0 amide bonds. The molecular formula is C9H13N5. The SMILES string of the molecule is CCNc1nc2nc(C)cc(C)n2n1. The molecule has 0 aromatic carbocycles. The van der Waals surface area contributed by atoms with E-state index in [1.54, 1.807) is 4.52 Å². The Balaban J connectivity index is 2.58. The lowest BCUT2D eigenvalue weighted by Gasteiger charge is -1.97. The Morgan fingerprint density at radius 1 is 1.36 bits per heavy atom. The molecule has 0 radical (unpaired) electrons. The molecule has 0 unspecified atom stereocenters. The normalized spacial score (nSPS) is 10.8. The minimum atomic E-state index is 0.633. The van der Waals surface area contributed by atoms with E-state index >= 15 is 0 Å². The maximum absolute atomic E-state index is 4.29. The van der Waals surface area contributed by atoms with Gasteiger partial charge in [-0.1, -0.05) is 0 Å². The highest BCUT2D eigenvalue weighted by Gasteiger charge is 2.05. The summed E-state index contributed by atoms with van der Waals surface area (Å²) in [6, 6.07) is 1.98. The summed E-state index contributed by atoms with van der Waals surface area (Å²) >= 11 is 0. The van der Waals surface area contributed by atoms with Crippen LogP contribution in [-0.4, -0.2) is 26.1 Å². The van der Waals surface area contributed by atoms with E-state index in [0.717, 1.165) is 17.9 Å². The molecule has 0 fully saturated rings. The lowest BCUT2D eigenvalue weighted by atomic mass is 10.4. The quantitative estimate of drug-likeness (QED) is 0.774. The van der Waals surface area contributed by atoms with Crippen molar-refractivity contribution >= 4 is 11.7 Å². The minimum Gasteiger partial charge on any atom is -0.353 e. The van der Waals surface area contributed by atoms with Crippen molar-refractivity contribution in [2.75, 3.05) is 11.9 Å². The fourth-order valence-electron chi connectivity index (χ4n) is 1.40. The Labute approximate surface area is 82.2 Å². The first kappa shape index (κ1) is 8.93. The zero-order chi connectivity index (χ0) is 10.1. The molecule has 0 saturated carbocycles. The highest BCUT2D eigenvalue weighted by atomic mass is 15.4. The number of aromatic nitrogens is 4. The first-order valence-corrected chi connectivity index (χ1v) is 4.65. The molecule has 14 heavy (non-hydrogen) atoms. The van der Waals surface area contributed by atoms with E-state index in [0.29, 0.717) is 11.7 Å². The number of nitrogens with one attached hydrogen (secondary N) is 1. The summed E-state index contributed by atoms with van der Waals surface area (Å²) in [6.07, 6.45) is 0. The van der Waals surface area contributed by atoms with E-state index in [-0.39, 0.29) is 0 Å². The number of anilines is 1. The first-order chi connectivity index (χ1) is 6.70. The molecule has 0 spiro atoms. The van der Waals surface area contributed by atoms with Gasteiger partial charge in [-0.3, -0.25) is 0 Å². The van der Waals surface area contributed by atoms with Crippen LogP contribution in [0.2, 0.25) is 0 Å². The van der Waals surface area contributed by atoms with E-state index in [4.69, 9.17) is 0 Å². The van der Waals surface area contributed by atoms with Crippen LogP contribution in [0.5, 0.6) is 0 Å². The molecule has 0 saturated heterocycles. The third-order valence-electron chi connectivity index (χ3n) is 1.95. The molecule has 5 nitrogen and oxygen atoms in total. The average molecular weight is 191 g/mol. The lowest BCUT2D eigenvalue weighted by molar-refractivity contribution is 0.884. The maximum atomic E-state index is 4.29. The Morgan fingerprint density at radius 3 is 2.86 bits per heavy atom. The van der Waals surface area contributed by atoms with Crippen LogP contribution in [0, 0.1) is 13.8 Å². The van der Waals surface area contributed by atoms with E-state index in [2.05, 4.69) is 20.4 Å². The summed E-state index contributed by atoms with van der Waals surface area (Å²) in [5, 5.41) is 7.34. The van der Waals surface area contributed by atoms with Crippen molar-refractivity contribution in [1.29, 1.82) is 0 Å². The fraction of sp³-hybridized carbons (Fsp3) is 0.444. The number of rotatable bonds is 2. The van der Waals surface area contributed by atoms with Gasteiger partial charge in [0, 0.05) is 17.9 Å². The second-order valence-corrected chi connectivity index (χ2v) is 3.22. The highest BCUT2D eigenvalue weighted by Crippen LogP contribution is 2.07. The number of fused-ring (bicyclic) bond motifs is 1. The predicted molar refractivity (Wildman–Crippen MR) is 54.4 cm³/mol. The molecule has 1 N–H and O–H groups in total. The molecule has 0 bridgehead atoms. The number of aryl methyl sites for hydroxylation is 2. The van der Waals surface area contributed by atoms with Crippen LogP contribution >= 0.6 is 0 Å². The van der Waals surface area contributed by atoms with Crippen molar-refractivity contribution < 1.29 is 0 Å². The van der Waals surface area contributed by atoms with Gasteiger partial charge in [0.15, 0.2) is 0 Å². The van der Waals surface area contributed by atoms with E-state index < -0.39 is 0 Å². The molecule has 2 aromatic heterocycles. The molecule has 0 aliphatic heterocycles. The standard InChI is InChI=1S/C9H13N5/c1-4-10-8-12-9-11-6(2)5-7(3)14(9)13-8/h5H,4H2,1-3H3,(H,10,13). The van der Waals surface area contributed by atoms with Crippen LogP contribution in [0.3, 0.4) is 0 Å². The van der Waals surface area contributed by atoms with Gasteiger partial charge in [-0.15, -0.1) is 5.10 Å². The van der Waals surface area contributed by atoms with Crippen molar-refractivity contribution in [2.45, 2.75) is 20.8 Å². The Kier molecular flexibility index (Phi) is 2.07. The molecular weight excluding hydrogens is 178 g/mol. The van der Waals surface area contributed by atoms with Gasteiger partial charge in [0.1, 0.15) is 0 Å². The molecule has 0 aliphatic carbocycles. The Hall–Kier alpha value is -1.65. The Bertz CT molecular complexity index is 459. The second kappa shape index (κ2) is 3.25. The van der Waals surface area contributed by atoms with Gasteiger partial charge in [-0.05, 0) is 26.8 Å². The predicted octanol–water partition coefficient (Wildman–Crippen LogP) is 1.17. The number of hydrogen-bond acceptors (Lipinski definition) is 4. The van der Waals surface area contributed by atoms with Gasteiger partial charge >= 0.3 is 0 Å². The molecule has 2 aromatic rings. The Morgan fingerprint density at radius 2 is 2.14 bits per heavy atom. The van der Waals surface area contributed by atoms with Gasteiger partial charge < -0.3 is 5.32 Å². The second-order valence-electron chi connectivity index (χ2n) is 3.22. The fourth-order valence-corrected chi connectivity index (χ4v) is 1.40. The largest absolute Gasteiger partial charge is 0.353 e. The van der Waals surface area contributed by atoms with Crippen molar-refractivity contribution in [3.63, 3.8) is 0 Å². The third kappa shape index (κ3) is 1.41. The molecule has 0 atom stereocenters. The summed E-state index contributed by atoms with van der Waals surface area (Å²) in [6.45, 7) is 6.77. The van der Waals surface area contributed by atoms with Crippen LogP contribution in [-0.2, 0) is 0 Å². The first-order valence-electron chi connectivity index (χ1n) is 4.65. The third-order valence-corrected chi connectivity index (χ3v) is 1.95. The van der Waals surface area contributed by atoms with Crippen LogP contribution in [0.15, 0.2) is 6.07 Å². The lowest BCUT2D eigenvalue weighted by Crippen LogP contribution is -1.99. The van der Waals surface area contributed by atoms with Crippen LogP contribution in [0.25, 0.3) is 5.78 Å². The molecule has 2 heterocycles. The number of nitrogens with zero attached hydrogens (tertiary/aromatic N) is 4. The topological polar surface area (TPSA) is 55.1 Å². The highest BCUT2D eigenvalue weighted by molar-refractivity contribution is 5.38. The maximum Gasteiger partial charge on any atom is 0.254 e. The van der Waals surface area contributed by atoms with Crippen LogP contribution in [0.1, 0.15) is 18.3 Å². The zero-order valence-corrected chi connectivity index (χ0v) is 8.57. The smallest absolute Gasteiger partial charge is 0.254 e. The number of hydrogen-bond donors (Lipinski definition) is 1. The summed E-state index contributed by atoms with van der Waals surface area (Å²) < 4.78 is 1.74. The van der Waals surface area contributed by atoms with Gasteiger partial charge in [0.2, 0.25) is 5.95 Å². The van der Waals surface area contributed by atoms with Crippen LogP contribution in [0.4, 0.5) is 5.95 Å².